The Morgan fingerprint density at radius 2 is 1.93 bits per heavy atom. The molecule has 6 nitrogen and oxygen atoms in total. The molecule has 10 heteroatoms. The number of benzene rings is 1. The van der Waals surface area contributed by atoms with Crippen LogP contribution in [0.5, 0.6) is 0 Å². The molecule has 1 aromatic carbocycles. The molecular weight excluding hydrogens is 474 g/mol. The number of hydrogen-bond donors (Lipinski definition) is 2. The Morgan fingerprint density at radius 1 is 1.22 bits per heavy atom. The van der Waals surface area contributed by atoms with Gasteiger partial charge in [-0.2, -0.15) is 18.3 Å². The number of nitrogens with zero attached hydrogens (tertiary/aromatic N) is 3. The van der Waals surface area contributed by atoms with Gasteiger partial charge in [0.2, 0.25) is 0 Å². The van der Waals surface area contributed by atoms with Crippen molar-refractivity contribution >= 4 is 29.9 Å². The third kappa shape index (κ3) is 7.75. The fourth-order valence-electron chi connectivity index (χ4n) is 2.31. The standard InChI is InChI=1S/C17H22F3N5O.HI/c1-21-16(22-8-9-26-12-13-6-4-3-5-7-13)23-10-14-11-25(2)24-15(14)17(18,19)20;/h3-7,11H,8-10,12H2,1-2H3,(H2,21,22,23);1H. The number of aliphatic imine (C=N–C) groups is 1. The summed E-state index contributed by atoms with van der Waals surface area (Å²) in [6.07, 6.45) is -3.15. The van der Waals surface area contributed by atoms with E-state index in [0.717, 1.165) is 10.2 Å². The summed E-state index contributed by atoms with van der Waals surface area (Å²) >= 11 is 0. The normalized spacial score (nSPS) is 11.8. The van der Waals surface area contributed by atoms with Crippen LogP contribution >= 0.6 is 24.0 Å². The van der Waals surface area contributed by atoms with Gasteiger partial charge in [0.05, 0.1) is 13.2 Å². The maximum atomic E-state index is 12.9. The molecule has 1 aromatic heterocycles. The van der Waals surface area contributed by atoms with Crippen molar-refractivity contribution in [2.45, 2.75) is 19.3 Å². The number of aromatic nitrogens is 2. The van der Waals surface area contributed by atoms with Crippen molar-refractivity contribution < 1.29 is 17.9 Å². The van der Waals surface area contributed by atoms with Crippen molar-refractivity contribution in [2.75, 3.05) is 20.2 Å². The molecule has 0 bridgehead atoms. The Labute approximate surface area is 173 Å². The molecule has 2 aromatic rings. The van der Waals surface area contributed by atoms with Crippen molar-refractivity contribution in [3.8, 4) is 0 Å². The second kappa shape index (κ2) is 11.1. The van der Waals surface area contributed by atoms with Crippen LogP contribution in [0.25, 0.3) is 0 Å². The lowest BCUT2D eigenvalue weighted by Crippen LogP contribution is -2.38. The Bertz CT molecular complexity index is 719. The van der Waals surface area contributed by atoms with E-state index in [9.17, 15) is 13.2 Å². The Kier molecular flexibility index (Phi) is 9.56. The topological polar surface area (TPSA) is 63.5 Å². The van der Waals surface area contributed by atoms with E-state index < -0.39 is 11.9 Å². The molecule has 2 N–H and O–H groups in total. The van der Waals surface area contributed by atoms with Gasteiger partial charge in [-0.1, -0.05) is 30.3 Å². The molecule has 0 aliphatic rings. The van der Waals surface area contributed by atoms with Gasteiger partial charge in [0.25, 0.3) is 0 Å². The lowest BCUT2D eigenvalue weighted by Gasteiger charge is -2.12. The SMILES string of the molecule is CN=C(NCCOCc1ccccc1)NCc1cn(C)nc1C(F)(F)F.I. The number of halogens is 4. The summed E-state index contributed by atoms with van der Waals surface area (Å²) in [4.78, 5) is 3.99. The zero-order chi connectivity index (χ0) is 19.0. The highest BCUT2D eigenvalue weighted by Crippen LogP contribution is 2.30. The van der Waals surface area contributed by atoms with Crippen LogP contribution in [0.4, 0.5) is 13.2 Å². The summed E-state index contributed by atoms with van der Waals surface area (Å²) in [6, 6.07) is 9.76. The minimum Gasteiger partial charge on any atom is -0.375 e. The summed E-state index contributed by atoms with van der Waals surface area (Å²) in [6.45, 7) is 1.38. The highest BCUT2D eigenvalue weighted by molar-refractivity contribution is 14.0. The highest BCUT2D eigenvalue weighted by atomic mass is 127. The summed E-state index contributed by atoms with van der Waals surface area (Å²) in [5.74, 6) is 0.394. The van der Waals surface area contributed by atoms with Crippen LogP contribution < -0.4 is 10.6 Å². The van der Waals surface area contributed by atoms with E-state index in [1.165, 1.54) is 13.2 Å². The van der Waals surface area contributed by atoms with Gasteiger partial charge in [-0.15, -0.1) is 24.0 Å². The van der Waals surface area contributed by atoms with Gasteiger partial charge in [-0.05, 0) is 5.56 Å². The summed E-state index contributed by atoms with van der Waals surface area (Å²) in [5, 5.41) is 9.32. The molecule has 0 spiro atoms. The number of alkyl halides is 3. The minimum atomic E-state index is -4.49. The number of hydrogen-bond acceptors (Lipinski definition) is 3. The largest absolute Gasteiger partial charge is 0.435 e. The first-order valence-electron chi connectivity index (χ1n) is 8.06. The molecule has 1 heterocycles. The van der Waals surface area contributed by atoms with Gasteiger partial charge >= 0.3 is 6.18 Å². The fraction of sp³-hybridized carbons (Fsp3) is 0.412. The van der Waals surface area contributed by atoms with Crippen molar-refractivity contribution in [1.29, 1.82) is 0 Å². The summed E-state index contributed by atoms with van der Waals surface area (Å²) in [5.41, 5.74) is 0.240. The zero-order valence-electron chi connectivity index (χ0n) is 15.1. The van der Waals surface area contributed by atoms with Crippen molar-refractivity contribution in [3.63, 3.8) is 0 Å². The monoisotopic (exact) mass is 497 g/mol. The summed E-state index contributed by atoms with van der Waals surface area (Å²) in [7, 11) is 3.00. The smallest absolute Gasteiger partial charge is 0.375 e. The first-order valence-corrected chi connectivity index (χ1v) is 8.06. The quantitative estimate of drug-likeness (QED) is 0.268. The van der Waals surface area contributed by atoms with Gasteiger partial charge in [-0.25, -0.2) is 0 Å². The van der Waals surface area contributed by atoms with E-state index in [4.69, 9.17) is 4.74 Å². The maximum Gasteiger partial charge on any atom is 0.435 e. The average molecular weight is 497 g/mol. The zero-order valence-corrected chi connectivity index (χ0v) is 17.4. The molecular formula is C17H23F3IN5O. The molecule has 0 aliphatic carbocycles. The Hall–Kier alpha value is -1.82. The number of ether oxygens (including phenoxy) is 1. The first-order chi connectivity index (χ1) is 12.4. The van der Waals surface area contributed by atoms with Crippen LogP contribution in [0.1, 0.15) is 16.8 Å². The molecule has 0 fully saturated rings. The van der Waals surface area contributed by atoms with Gasteiger partial charge < -0.3 is 15.4 Å². The van der Waals surface area contributed by atoms with Crippen LogP contribution in [0, 0.1) is 0 Å². The van der Waals surface area contributed by atoms with Crippen LogP contribution in [-0.4, -0.2) is 35.9 Å². The molecule has 27 heavy (non-hydrogen) atoms. The predicted octanol–water partition coefficient (Wildman–Crippen LogP) is 2.94. The average Bonchev–Trinajstić information content (AvgIpc) is 2.99. The van der Waals surface area contributed by atoms with Crippen molar-refractivity contribution in [2.24, 2.45) is 12.0 Å². The van der Waals surface area contributed by atoms with Gasteiger partial charge in [0.15, 0.2) is 11.7 Å². The molecule has 0 amide bonds. The second-order valence-electron chi connectivity index (χ2n) is 5.57. The number of rotatable bonds is 7. The van der Waals surface area contributed by atoms with Crippen molar-refractivity contribution in [1.82, 2.24) is 20.4 Å². The van der Waals surface area contributed by atoms with Crippen LogP contribution in [0.3, 0.4) is 0 Å². The Morgan fingerprint density at radius 3 is 2.56 bits per heavy atom. The third-order valence-electron chi connectivity index (χ3n) is 3.49. The molecule has 0 radical (unpaired) electrons. The van der Waals surface area contributed by atoms with E-state index >= 15 is 0 Å². The predicted molar refractivity (Wildman–Crippen MR) is 108 cm³/mol. The molecule has 2 rings (SSSR count). The highest BCUT2D eigenvalue weighted by Gasteiger charge is 2.36. The fourth-order valence-corrected chi connectivity index (χ4v) is 2.31. The van der Waals surface area contributed by atoms with E-state index in [1.54, 1.807) is 7.05 Å². The molecule has 0 saturated carbocycles. The number of guanidine groups is 1. The minimum absolute atomic E-state index is 0. The van der Waals surface area contributed by atoms with Gasteiger partial charge in [0.1, 0.15) is 0 Å². The van der Waals surface area contributed by atoms with Gasteiger partial charge in [0, 0.05) is 38.9 Å². The van der Waals surface area contributed by atoms with E-state index in [-0.39, 0.29) is 36.1 Å². The summed E-state index contributed by atoms with van der Waals surface area (Å²) < 4.78 is 45.5. The third-order valence-corrected chi connectivity index (χ3v) is 3.49. The van der Waals surface area contributed by atoms with E-state index in [0.29, 0.717) is 25.7 Å². The van der Waals surface area contributed by atoms with Crippen LogP contribution in [-0.2, 0) is 31.1 Å². The molecule has 0 saturated heterocycles. The van der Waals surface area contributed by atoms with E-state index in [2.05, 4.69) is 20.7 Å². The van der Waals surface area contributed by atoms with E-state index in [1.807, 2.05) is 30.3 Å². The molecule has 0 aliphatic heterocycles. The van der Waals surface area contributed by atoms with Crippen LogP contribution in [0.15, 0.2) is 41.5 Å². The van der Waals surface area contributed by atoms with Gasteiger partial charge in [-0.3, -0.25) is 9.67 Å². The number of aryl methyl sites for hydroxylation is 1. The molecule has 0 unspecified atom stereocenters. The van der Waals surface area contributed by atoms with Crippen molar-refractivity contribution in [3.05, 3.63) is 53.3 Å². The van der Waals surface area contributed by atoms with Crippen LogP contribution in [0.2, 0.25) is 0 Å². The Balaban J connectivity index is 0.00000364. The first kappa shape index (κ1) is 23.2. The maximum absolute atomic E-state index is 12.9. The number of nitrogens with one attached hydrogen (secondary N) is 2. The molecule has 150 valence electrons. The second-order valence-corrected chi connectivity index (χ2v) is 5.57. The molecule has 0 atom stereocenters. The lowest BCUT2D eigenvalue weighted by molar-refractivity contribution is -0.142. The lowest BCUT2D eigenvalue weighted by atomic mass is 10.2.